The van der Waals surface area contributed by atoms with Crippen LogP contribution in [0.3, 0.4) is 0 Å². The molecule has 0 unspecified atom stereocenters. The number of rotatable bonds is 7. The fourth-order valence-electron chi connectivity index (χ4n) is 2.51. The number of amides is 2. The van der Waals surface area contributed by atoms with Crippen LogP contribution < -0.4 is 16.4 Å². The molecule has 2 aromatic carbocycles. The Morgan fingerprint density at radius 3 is 2.04 bits per heavy atom. The second-order valence-electron chi connectivity index (χ2n) is 6.17. The van der Waals surface area contributed by atoms with Crippen molar-refractivity contribution in [2.45, 2.75) is 38.4 Å². The number of hydrogen-bond acceptors (Lipinski definition) is 3. The molecule has 2 amide bonds. The molecule has 25 heavy (non-hydrogen) atoms. The van der Waals surface area contributed by atoms with Crippen LogP contribution in [-0.2, 0) is 16.0 Å². The summed E-state index contributed by atoms with van der Waals surface area (Å²) in [6.45, 7) is 3.56. The first-order valence-corrected chi connectivity index (χ1v) is 8.42. The van der Waals surface area contributed by atoms with Crippen molar-refractivity contribution in [2.75, 3.05) is 0 Å². The monoisotopic (exact) mass is 339 g/mol. The first kappa shape index (κ1) is 18.7. The molecule has 0 aliphatic heterocycles. The first-order chi connectivity index (χ1) is 12.0. The van der Waals surface area contributed by atoms with Crippen LogP contribution in [0.2, 0.25) is 0 Å². The zero-order chi connectivity index (χ0) is 18.2. The van der Waals surface area contributed by atoms with Gasteiger partial charge in [-0.15, -0.1) is 0 Å². The van der Waals surface area contributed by atoms with Gasteiger partial charge in [-0.3, -0.25) is 9.59 Å². The zero-order valence-corrected chi connectivity index (χ0v) is 14.6. The van der Waals surface area contributed by atoms with Crippen molar-refractivity contribution in [2.24, 2.45) is 5.73 Å². The van der Waals surface area contributed by atoms with Crippen LogP contribution in [0.25, 0.3) is 0 Å². The summed E-state index contributed by atoms with van der Waals surface area (Å²) in [7, 11) is 0. The summed E-state index contributed by atoms with van der Waals surface area (Å²) in [6.07, 6.45) is 0.432. The Labute approximate surface area is 148 Å². The van der Waals surface area contributed by atoms with E-state index in [1.807, 2.05) is 67.6 Å². The van der Waals surface area contributed by atoms with E-state index in [1.165, 1.54) is 0 Å². The topological polar surface area (TPSA) is 84.2 Å². The first-order valence-electron chi connectivity index (χ1n) is 8.42. The number of carbonyl (C=O) groups excluding carboxylic acids is 2. The molecule has 3 atom stereocenters. The molecule has 0 aliphatic rings. The number of hydrogen-bond donors (Lipinski definition) is 3. The van der Waals surface area contributed by atoms with Gasteiger partial charge < -0.3 is 16.4 Å². The van der Waals surface area contributed by atoms with E-state index in [1.54, 1.807) is 6.92 Å². The van der Waals surface area contributed by atoms with Crippen molar-refractivity contribution in [3.63, 3.8) is 0 Å². The Kier molecular flexibility index (Phi) is 6.71. The highest BCUT2D eigenvalue weighted by Crippen LogP contribution is 2.11. The minimum atomic E-state index is -0.691. The van der Waals surface area contributed by atoms with E-state index in [4.69, 9.17) is 5.73 Å². The van der Waals surface area contributed by atoms with Gasteiger partial charge in [-0.05, 0) is 31.4 Å². The molecular weight excluding hydrogens is 314 g/mol. The standard InChI is InChI=1S/C20H25N3O2/c1-14(17-11-7-4-8-12-17)22-19(24)15(2)23-20(25)18(21)13-16-9-5-3-6-10-16/h3-12,14-15,18H,13,21H2,1-2H3,(H,22,24)(H,23,25)/t14-,15-,18-/m0/s1. The smallest absolute Gasteiger partial charge is 0.242 e. The number of nitrogens with two attached hydrogens (primary N) is 1. The maximum atomic E-state index is 12.3. The van der Waals surface area contributed by atoms with Crippen LogP contribution in [-0.4, -0.2) is 23.9 Å². The Balaban J connectivity index is 1.84. The summed E-state index contributed by atoms with van der Waals surface area (Å²) in [6, 6.07) is 17.8. The lowest BCUT2D eigenvalue weighted by atomic mass is 10.1. The Morgan fingerprint density at radius 1 is 0.880 bits per heavy atom. The molecule has 132 valence electrons. The molecule has 5 nitrogen and oxygen atoms in total. The van der Waals surface area contributed by atoms with E-state index in [2.05, 4.69) is 10.6 Å². The summed E-state index contributed by atoms with van der Waals surface area (Å²) >= 11 is 0. The van der Waals surface area contributed by atoms with Gasteiger partial charge in [0.25, 0.3) is 0 Å². The van der Waals surface area contributed by atoms with Crippen molar-refractivity contribution < 1.29 is 9.59 Å². The highest BCUT2D eigenvalue weighted by molar-refractivity contribution is 5.89. The van der Waals surface area contributed by atoms with E-state index < -0.39 is 12.1 Å². The lowest BCUT2D eigenvalue weighted by molar-refractivity contribution is -0.129. The van der Waals surface area contributed by atoms with Gasteiger partial charge in [-0.1, -0.05) is 60.7 Å². The van der Waals surface area contributed by atoms with Crippen LogP contribution in [0.5, 0.6) is 0 Å². The number of carbonyl (C=O) groups is 2. The number of benzene rings is 2. The van der Waals surface area contributed by atoms with Crippen LogP contribution >= 0.6 is 0 Å². The van der Waals surface area contributed by atoms with E-state index in [0.29, 0.717) is 6.42 Å². The SMILES string of the molecule is C[C@H](NC(=O)[C@@H](N)Cc1ccccc1)C(=O)N[C@@H](C)c1ccccc1. The molecule has 0 heterocycles. The lowest BCUT2D eigenvalue weighted by Crippen LogP contribution is -2.51. The fourth-order valence-corrected chi connectivity index (χ4v) is 2.51. The third kappa shape index (κ3) is 5.72. The third-order valence-electron chi connectivity index (χ3n) is 4.05. The maximum Gasteiger partial charge on any atom is 0.242 e. The van der Waals surface area contributed by atoms with Crippen molar-refractivity contribution in [3.8, 4) is 0 Å². The molecular formula is C20H25N3O2. The molecule has 4 N–H and O–H groups in total. The lowest BCUT2D eigenvalue weighted by Gasteiger charge is -2.20. The Hall–Kier alpha value is -2.66. The van der Waals surface area contributed by atoms with Gasteiger partial charge in [0, 0.05) is 0 Å². The van der Waals surface area contributed by atoms with E-state index >= 15 is 0 Å². The summed E-state index contributed by atoms with van der Waals surface area (Å²) in [5, 5.41) is 5.58. The van der Waals surface area contributed by atoms with Crippen LogP contribution in [0.1, 0.15) is 31.0 Å². The predicted molar refractivity (Wildman–Crippen MR) is 98.7 cm³/mol. The summed E-state index contributed by atoms with van der Waals surface area (Å²) in [4.78, 5) is 24.5. The van der Waals surface area contributed by atoms with Gasteiger partial charge in [-0.2, -0.15) is 0 Å². The van der Waals surface area contributed by atoms with Gasteiger partial charge in [0.2, 0.25) is 11.8 Å². The molecule has 0 spiro atoms. The van der Waals surface area contributed by atoms with E-state index in [-0.39, 0.29) is 17.9 Å². The summed E-state index contributed by atoms with van der Waals surface area (Å²) in [5.41, 5.74) is 7.94. The second-order valence-corrected chi connectivity index (χ2v) is 6.17. The third-order valence-corrected chi connectivity index (χ3v) is 4.05. The average Bonchev–Trinajstić information content (AvgIpc) is 2.63. The van der Waals surface area contributed by atoms with Gasteiger partial charge in [-0.25, -0.2) is 0 Å². The minimum Gasteiger partial charge on any atom is -0.348 e. The highest BCUT2D eigenvalue weighted by atomic mass is 16.2. The highest BCUT2D eigenvalue weighted by Gasteiger charge is 2.21. The van der Waals surface area contributed by atoms with Gasteiger partial charge in [0.05, 0.1) is 12.1 Å². The quantitative estimate of drug-likeness (QED) is 0.721. The summed E-state index contributed by atoms with van der Waals surface area (Å²) in [5.74, 6) is -0.574. The van der Waals surface area contributed by atoms with Crippen molar-refractivity contribution in [1.82, 2.24) is 10.6 Å². The molecule has 0 saturated heterocycles. The largest absolute Gasteiger partial charge is 0.348 e. The Bertz CT molecular complexity index is 689. The molecule has 0 aromatic heterocycles. The minimum absolute atomic E-state index is 0.133. The molecule has 0 saturated carbocycles. The molecule has 0 aliphatic carbocycles. The van der Waals surface area contributed by atoms with Gasteiger partial charge >= 0.3 is 0 Å². The zero-order valence-electron chi connectivity index (χ0n) is 14.6. The molecule has 0 radical (unpaired) electrons. The number of nitrogens with one attached hydrogen (secondary N) is 2. The molecule has 0 bridgehead atoms. The summed E-state index contributed by atoms with van der Waals surface area (Å²) < 4.78 is 0. The van der Waals surface area contributed by atoms with Gasteiger partial charge in [0.15, 0.2) is 0 Å². The average molecular weight is 339 g/mol. The van der Waals surface area contributed by atoms with Crippen molar-refractivity contribution in [1.29, 1.82) is 0 Å². The van der Waals surface area contributed by atoms with E-state index in [9.17, 15) is 9.59 Å². The van der Waals surface area contributed by atoms with Crippen molar-refractivity contribution in [3.05, 3.63) is 71.8 Å². The molecule has 0 fully saturated rings. The van der Waals surface area contributed by atoms with Crippen LogP contribution in [0, 0.1) is 0 Å². The predicted octanol–water partition coefficient (Wildman–Crippen LogP) is 1.94. The van der Waals surface area contributed by atoms with E-state index in [0.717, 1.165) is 11.1 Å². The van der Waals surface area contributed by atoms with Crippen molar-refractivity contribution >= 4 is 11.8 Å². The van der Waals surface area contributed by atoms with Crippen LogP contribution in [0.4, 0.5) is 0 Å². The van der Waals surface area contributed by atoms with Gasteiger partial charge in [0.1, 0.15) is 6.04 Å². The Morgan fingerprint density at radius 2 is 1.44 bits per heavy atom. The molecule has 2 rings (SSSR count). The molecule has 2 aromatic rings. The maximum absolute atomic E-state index is 12.3. The molecule has 5 heteroatoms. The van der Waals surface area contributed by atoms with Crippen LogP contribution in [0.15, 0.2) is 60.7 Å². The fraction of sp³-hybridized carbons (Fsp3) is 0.300. The normalized spacial score (nSPS) is 14.2. The second kappa shape index (κ2) is 8.99.